The molecule has 1 atom stereocenters. The molecule has 0 fully saturated rings. The summed E-state index contributed by atoms with van der Waals surface area (Å²) in [7, 11) is 1.86. The monoisotopic (exact) mass is 305 g/mol. The summed E-state index contributed by atoms with van der Waals surface area (Å²) in [6, 6.07) is 13.2. The predicted molar refractivity (Wildman–Crippen MR) is 87.3 cm³/mol. The van der Waals surface area contributed by atoms with E-state index in [2.05, 4.69) is 31.3 Å². The average Bonchev–Trinajstić information content (AvgIpc) is 2.44. The average molecular weight is 306 g/mol. The van der Waals surface area contributed by atoms with Gasteiger partial charge in [-0.25, -0.2) is 4.39 Å². The number of rotatable bonds is 5. The minimum Gasteiger partial charge on any atom is -0.309 e. The van der Waals surface area contributed by atoms with Crippen molar-refractivity contribution >= 4 is 11.6 Å². The third-order valence-electron chi connectivity index (χ3n) is 3.51. The number of hydrogen-bond acceptors (Lipinski definition) is 1. The van der Waals surface area contributed by atoms with Gasteiger partial charge in [-0.05, 0) is 42.1 Å². The third-order valence-corrected chi connectivity index (χ3v) is 3.91. The van der Waals surface area contributed by atoms with Crippen LogP contribution in [0.15, 0.2) is 42.5 Å². The molecule has 0 aromatic heterocycles. The Morgan fingerprint density at radius 2 is 1.86 bits per heavy atom. The van der Waals surface area contributed by atoms with Gasteiger partial charge < -0.3 is 5.32 Å². The van der Waals surface area contributed by atoms with Gasteiger partial charge in [-0.3, -0.25) is 0 Å². The summed E-state index contributed by atoms with van der Waals surface area (Å²) in [5.41, 5.74) is 3.15. The zero-order valence-corrected chi connectivity index (χ0v) is 13.4. The minimum absolute atomic E-state index is 0.111. The van der Waals surface area contributed by atoms with Crippen LogP contribution in [0.3, 0.4) is 0 Å². The Balaban J connectivity index is 2.39. The quantitative estimate of drug-likeness (QED) is 0.821. The van der Waals surface area contributed by atoms with Crippen LogP contribution in [-0.4, -0.2) is 7.05 Å². The van der Waals surface area contributed by atoms with Crippen LogP contribution < -0.4 is 5.32 Å². The fraction of sp³-hybridized carbons (Fsp3) is 0.333. The highest BCUT2D eigenvalue weighted by Crippen LogP contribution is 2.30. The van der Waals surface area contributed by atoms with E-state index in [1.165, 1.54) is 11.6 Å². The Hall–Kier alpha value is -1.38. The fourth-order valence-electron chi connectivity index (χ4n) is 2.62. The Morgan fingerprint density at radius 3 is 2.52 bits per heavy atom. The molecular formula is C18H21ClFN. The maximum atomic E-state index is 13.7. The molecule has 2 rings (SSSR count). The molecule has 1 N–H and O–H groups in total. The molecule has 3 heteroatoms. The largest absolute Gasteiger partial charge is 0.309 e. The Labute approximate surface area is 131 Å². The summed E-state index contributed by atoms with van der Waals surface area (Å²) >= 11 is 6.13. The van der Waals surface area contributed by atoms with E-state index in [4.69, 9.17) is 11.6 Å². The molecule has 0 radical (unpaired) electrons. The standard InChI is InChI=1S/C18H21ClFN/c1-12(2)10-13-6-4-7-14(11-13)18(21-3)15-8-5-9-16(20)17(15)19/h4-9,11-12,18,21H,10H2,1-3H3. The molecule has 0 aliphatic carbocycles. The second-order valence-electron chi connectivity index (χ2n) is 5.71. The lowest BCUT2D eigenvalue weighted by atomic mass is 9.94. The van der Waals surface area contributed by atoms with Gasteiger partial charge in [-0.1, -0.05) is 61.8 Å². The Bertz CT molecular complexity index is 610. The number of hydrogen-bond donors (Lipinski definition) is 1. The van der Waals surface area contributed by atoms with Crippen molar-refractivity contribution in [3.8, 4) is 0 Å². The van der Waals surface area contributed by atoms with Crippen LogP contribution in [0.25, 0.3) is 0 Å². The molecule has 0 aliphatic heterocycles. The van der Waals surface area contributed by atoms with Crippen molar-refractivity contribution in [3.05, 3.63) is 70.0 Å². The predicted octanol–water partition coefficient (Wildman–Crippen LogP) is 4.99. The number of benzene rings is 2. The van der Waals surface area contributed by atoms with E-state index in [1.54, 1.807) is 6.07 Å². The van der Waals surface area contributed by atoms with Crippen LogP contribution in [-0.2, 0) is 6.42 Å². The van der Waals surface area contributed by atoms with Gasteiger partial charge in [0.1, 0.15) is 5.82 Å². The SMILES string of the molecule is CNC(c1cccc(CC(C)C)c1)c1cccc(F)c1Cl. The highest BCUT2D eigenvalue weighted by atomic mass is 35.5. The fourth-order valence-corrected chi connectivity index (χ4v) is 2.85. The molecule has 2 aromatic carbocycles. The molecule has 1 unspecified atom stereocenters. The van der Waals surface area contributed by atoms with E-state index < -0.39 is 0 Å². The first-order chi connectivity index (χ1) is 10.0. The first-order valence-electron chi connectivity index (χ1n) is 7.23. The molecule has 0 spiro atoms. The van der Waals surface area contributed by atoms with Crippen molar-refractivity contribution in [3.63, 3.8) is 0 Å². The molecular weight excluding hydrogens is 285 g/mol. The van der Waals surface area contributed by atoms with Crippen LogP contribution in [0.5, 0.6) is 0 Å². The third kappa shape index (κ3) is 3.84. The number of nitrogens with one attached hydrogen (secondary N) is 1. The van der Waals surface area contributed by atoms with Gasteiger partial charge in [-0.2, -0.15) is 0 Å². The summed E-state index contributed by atoms with van der Waals surface area (Å²) in [6.45, 7) is 4.40. The lowest BCUT2D eigenvalue weighted by Crippen LogP contribution is -2.18. The highest BCUT2D eigenvalue weighted by molar-refractivity contribution is 6.31. The van der Waals surface area contributed by atoms with Crippen molar-refractivity contribution in [1.82, 2.24) is 5.32 Å². The van der Waals surface area contributed by atoms with E-state index >= 15 is 0 Å². The zero-order valence-electron chi connectivity index (χ0n) is 12.7. The molecule has 0 aliphatic rings. The molecule has 0 saturated heterocycles. The van der Waals surface area contributed by atoms with Gasteiger partial charge >= 0.3 is 0 Å². The molecule has 112 valence electrons. The maximum Gasteiger partial charge on any atom is 0.142 e. The van der Waals surface area contributed by atoms with E-state index in [0.29, 0.717) is 5.92 Å². The van der Waals surface area contributed by atoms with Crippen LogP contribution in [0, 0.1) is 11.7 Å². The van der Waals surface area contributed by atoms with Crippen molar-refractivity contribution < 1.29 is 4.39 Å². The van der Waals surface area contributed by atoms with Crippen molar-refractivity contribution in [2.75, 3.05) is 7.05 Å². The van der Waals surface area contributed by atoms with Crippen LogP contribution >= 0.6 is 11.6 Å². The normalized spacial score (nSPS) is 12.7. The zero-order chi connectivity index (χ0) is 15.4. The highest BCUT2D eigenvalue weighted by Gasteiger charge is 2.17. The maximum absolute atomic E-state index is 13.7. The van der Waals surface area contributed by atoms with Crippen LogP contribution in [0.2, 0.25) is 5.02 Å². The lowest BCUT2D eigenvalue weighted by molar-refractivity contribution is 0.616. The van der Waals surface area contributed by atoms with E-state index in [9.17, 15) is 4.39 Å². The molecule has 1 nitrogen and oxygen atoms in total. The Morgan fingerprint density at radius 1 is 1.14 bits per heavy atom. The first kappa shape index (κ1) is 16.0. The summed E-state index contributed by atoms with van der Waals surface area (Å²) in [4.78, 5) is 0. The molecule has 21 heavy (non-hydrogen) atoms. The molecule has 0 bridgehead atoms. The van der Waals surface area contributed by atoms with Gasteiger partial charge in [0, 0.05) is 0 Å². The smallest absolute Gasteiger partial charge is 0.142 e. The molecule has 2 aromatic rings. The topological polar surface area (TPSA) is 12.0 Å². The first-order valence-corrected chi connectivity index (χ1v) is 7.60. The molecule has 0 amide bonds. The summed E-state index contributed by atoms with van der Waals surface area (Å²) in [5, 5.41) is 3.42. The van der Waals surface area contributed by atoms with Crippen LogP contribution in [0.4, 0.5) is 4.39 Å². The van der Waals surface area contributed by atoms with Crippen molar-refractivity contribution in [2.24, 2.45) is 5.92 Å². The van der Waals surface area contributed by atoms with Gasteiger partial charge in [0.2, 0.25) is 0 Å². The number of halogens is 2. The Kier molecular flexibility index (Phi) is 5.38. The van der Waals surface area contributed by atoms with Crippen molar-refractivity contribution in [2.45, 2.75) is 26.3 Å². The van der Waals surface area contributed by atoms with Gasteiger partial charge in [0.15, 0.2) is 0 Å². The van der Waals surface area contributed by atoms with E-state index in [1.807, 2.05) is 25.2 Å². The van der Waals surface area contributed by atoms with Gasteiger partial charge in [0.05, 0.1) is 11.1 Å². The van der Waals surface area contributed by atoms with E-state index in [0.717, 1.165) is 17.5 Å². The second-order valence-corrected chi connectivity index (χ2v) is 6.09. The molecule has 0 heterocycles. The van der Waals surface area contributed by atoms with Crippen LogP contribution in [0.1, 0.15) is 36.6 Å². The molecule has 0 saturated carbocycles. The van der Waals surface area contributed by atoms with E-state index in [-0.39, 0.29) is 16.9 Å². The minimum atomic E-state index is -0.382. The van der Waals surface area contributed by atoms with Crippen molar-refractivity contribution in [1.29, 1.82) is 0 Å². The van der Waals surface area contributed by atoms with Gasteiger partial charge in [-0.15, -0.1) is 0 Å². The second kappa shape index (κ2) is 7.06. The summed E-state index contributed by atoms with van der Waals surface area (Å²) in [5.74, 6) is 0.221. The summed E-state index contributed by atoms with van der Waals surface area (Å²) in [6.07, 6.45) is 1.03. The lowest BCUT2D eigenvalue weighted by Gasteiger charge is -2.20. The van der Waals surface area contributed by atoms with Gasteiger partial charge in [0.25, 0.3) is 0 Å². The summed E-state index contributed by atoms with van der Waals surface area (Å²) < 4.78 is 13.7.